The molecule has 1 aliphatic rings. The first-order valence-electron chi connectivity index (χ1n) is 10.9. The molecule has 1 aliphatic heterocycles. The summed E-state index contributed by atoms with van der Waals surface area (Å²) in [5, 5.41) is 8.54. The second-order valence-electron chi connectivity index (χ2n) is 8.11. The summed E-state index contributed by atoms with van der Waals surface area (Å²) in [6, 6.07) is 13.2. The molecule has 3 N–H and O–H groups in total. The van der Waals surface area contributed by atoms with E-state index < -0.39 is 12.0 Å². The summed E-state index contributed by atoms with van der Waals surface area (Å²) in [6.07, 6.45) is 0.493. The van der Waals surface area contributed by atoms with E-state index in [0.29, 0.717) is 22.5 Å². The molecule has 0 radical (unpaired) electrons. The van der Waals surface area contributed by atoms with E-state index >= 15 is 0 Å². The van der Waals surface area contributed by atoms with Gasteiger partial charge in [-0.3, -0.25) is 0 Å². The van der Waals surface area contributed by atoms with Crippen molar-refractivity contribution in [2.24, 2.45) is 0 Å². The fourth-order valence-electron chi connectivity index (χ4n) is 3.66. The van der Waals surface area contributed by atoms with Crippen LogP contribution >= 0.6 is 0 Å². The van der Waals surface area contributed by atoms with E-state index in [-0.39, 0.29) is 18.2 Å². The highest BCUT2D eigenvalue weighted by molar-refractivity contribution is 6.00. The second-order valence-corrected chi connectivity index (χ2v) is 8.11. The molecule has 2 aromatic rings. The lowest BCUT2D eigenvalue weighted by atomic mass is 9.94. The van der Waals surface area contributed by atoms with Gasteiger partial charge < -0.3 is 25.6 Å². The van der Waals surface area contributed by atoms with E-state index in [1.807, 2.05) is 31.2 Å². The van der Waals surface area contributed by atoms with Crippen molar-refractivity contribution in [2.45, 2.75) is 46.3 Å². The summed E-state index contributed by atoms with van der Waals surface area (Å²) >= 11 is 0. The average Bonchev–Trinajstić information content (AvgIpc) is 2.77. The van der Waals surface area contributed by atoms with E-state index in [4.69, 9.17) is 4.74 Å². The Kier molecular flexibility index (Phi) is 7.37. The predicted molar refractivity (Wildman–Crippen MR) is 128 cm³/mol. The molecule has 0 bridgehead atoms. The van der Waals surface area contributed by atoms with Crippen LogP contribution in [-0.2, 0) is 16.0 Å². The van der Waals surface area contributed by atoms with Crippen LogP contribution in [0.4, 0.5) is 21.0 Å². The van der Waals surface area contributed by atoms with Gasteiger partial charge in [-0.1, -0.05) is 37.3 Å². The van der Waals surface area contributed by atoms with Gasteiger partial charge in [-0.05, 0) is 56.5 Å². The van der Waals surface area contributed by atoms with Gasteiger partial charge in [-0.2, -0.15) is 0 Å². The monoisotopic (exact) mass is 450 g/mol. The van der Waals surface area contributed by atoms with Crippen LogP contribution < -0.4 is 16.0 Å². The number of benzene rings is 2. The molecule has 1 atom stereocenters. The van der Waals surface area contributed by atoms with Gasteiger partial charge in [0.15, 0.2) is 0 Å². The Morgan fingerprint density at radius 3 is 2.55 bits per heavy atom. The fraction of sp³-hybridized carbons (Fsp3) is 0.320. The highest BCUT2D eigenvalue weighted by Gasteiger charge is 2.35. The highest BCUT2D eigenvalue weighted by atomic mass is 16.5. The zero-order chi connectivity index (χ0) is 24.1. The molecule has 0 saturated carbocycles. The van der Waals surface area contributed by atoms with Crippen molar-refractivity contribution in [1.82, 2.24) is 10.2 Å². The Morgan fingerprint density at radius 1 is 1.12 bits per heavy atom. The third kappa shape index (κ3) is 5.52. The Balaban J connectivity index is 1.85. The zero-order valence-corrected chi connectivity index (χ0v) is 19.6. The summed E-state index contributed by atoms with van der Waals surface area (Å²) in [5.41, 5.74) is 3.82. The maximum absolute atomic E-state index is 12.8. The van der Waals surface area contributed by atoms with Gasteiger partial charge in [0.25, 0.3) is 0 Å². The third-order valence-electron chi connectivity index (χ3n) is 5.44. The van der Waals surface area contributed by atoms with Crippen molar-refractivity contribution in [3.8, 4) is 0 Å². The first-order chi connectivity index (χ1) is 15.7. The molecule has 1 heterocycles. The largest absolute Gasteiger partial charge is 0.459 e. The first-order valence-corrected chi connectivity index (χ1v) is 10.9. The van der Waals surface area contributed by atoms with E-state index in [9.17, 15) is 14.4 Å². The maximum atomic E-state index is 12.8. The van der Waals surface area contributed by atoms with Crippen LogP contribution in [0.15, 0.2) is 59.8 Å². The van der Waals surface area contributed by atoms with Crippen molar-refractivity contribution in [1.29, 1.82) is 0 Å². The molecular weight excluding hydrogens is 420 g/mol. The van der Waals surface area contributed by atoms with Crippen molar-refractivity contribution in [3.05, 3.63) is 70.9 Å². The minimum Gasteiger partial charge on any atom is -0.459 e. The third-order valence-corrected chi connectivity index (χ3v) is 5.44. The van der Waals surface area contributed by atoms with Gasteiger partial charge >= 0.3 is 18.0 Å². The molecule has 33 heavy (non-hydrogen) atoms. The zero-order valence-electron chi connectivity index (χ0n) is 19.6. The Labute approximate surface area is 194 Å². The summed E-state index contributed by atoms with van der Waals surface area (Å²) in [7, 11) is 1.60. The van der Waals surface area contributed by atoms with Gasteiger partial charge in [0.1, 0.15) is 0 Å². The van der Waals surface area contributed by atoms with Crippen LogP contribution in [0.1, 0.15) is 44.9 Å². The van der Waals surface area contributed by atoms with Gasteiger partial charge in [-0.25, -0.2) is 14.4 Å². The number of hydrogen-bond donors (Lipinski definition) is 3. The van der Waals surface area contributed by atoms with E-state index in [0.717, 1.165) is 17.7 Å². The molecule has 0 aliphatic carbocycles. The number of ether oxygens (including phenoxy) is 1. The Morgan fingerprint density at radius 2 is 1.85 bits per heavy atom. The number of aryl methyl sites for hydroxylation is 1. The molecule has 0 unspecified atom stereocenters. The summed E-state index contributed by atoms with van der Waals surface area (Å²) in [5.74, 6) is -0.494. The smallest absolute Gasteiger partial charge is 0.338 e. The lowest BCUT2D eigenvalue weighted by Crippen LogP contribution is -2.46. The highest BCUT2D eigenvalue weighted by Crippen LogP contribution is 2.32. The predicted octanol–water partition coefficient (Wildman–Crippen LogP) is 4.81. The molecule has 4 amide bonds. The van der Waals surface area contributed by atoms with E-state index in [1.165, 1.54) is 4.90 Å². The molecule has 3 rings (SSSR count). The molecule has 8 nitrogen and oxygen atoms in total. The maximum Gasteiger partial charge on any atom is 0.338 e. The van der Waals surface area contributed by atoms with Gasteiger partial charge in [0.2, 0.25) is 0 Å². The average molecular weight is 451 g/mol. The number of amides is 4. The quantitative estimate of drug-likeness (QED) is 0.550. The van der Waals surface area contributed by atoms with Crippen LogP contribution in [-0.4, -0.2) is 36.1 Å². The molecule has 0 saturated heterocycles. The SMILES string of the molecule is CCc1ccccc1NC(=O)Nc1cccc([C@H]2NC(=O)N(C)C(C)=C2C(=O)OC(C)C)c1. The number of hydrogen-bond acceptors (Lipinski definition) is 4. The number of esters is 1. The number of para-hydroxylation sites is 1. The van der Waals surface area contributed by atoms with Gasteiger partial charge in [0.05, 0.1) is 17.7 Å². The molecule has 0 spiro atoms. The standard InChI is InChI=1S/C25H30N4O4/c1-6-17-10-7-8-13-20(17)27-24(31)26-19-12-9-11-18(14-19)22-21(23(30)33-15(2)3)16(4)29(5)25(32)28-22/h7-15,22H,6H2,1-5H3,(H,28,32)(H2,26,27,31)/t22-/m1/s1. The molecule has 2 aromatic carbocycles. The number of carbonyl (C=O) groups is 3. The molecule has 174 valence electrons. The van der Waals surface area contributed by atoms with Gasteiger partial charge in [-0.15, -0.1) is 0 Å². The first kappa shape index (κ1) is 23.8. The van der Waals surface area contributed by atoms with E-state index in [1.54, 1.807) is 52.1 Å². The fourth-order valence-corrected chi connectivity index (χ4v) is 3.66. The van der Waals surface area contributed by atoms with Crippen molar-refractivity contribution >= 4 is 29.4 Å². The molecule has 0 fully saturated rings. The van der Waals surface area contributed by atoms with Crippen molar-refractivity contribution in [2.75, 3.05) is 17.7 Å². The van der Waals surface area contributed by atoms with Crippen LogP contribution in [0.3, 0.4) is 0 Å². The van der Waals surface area contributed by atoms with Crippen LogP contribution in [0.2, 0.25) is 0 Å². The number of anilines is 2. The number of nitrogens with zero attached hydrogens (tertiary/aromatic N) is 1. The van der Waals surface area contributed by atoms with Crippen molar-refractivity contribution in [3.63, 3.8) is 0 Å². The second kappa shape index (κ2) is 10.2. The van der Waals surface area contributed by atoms with Crippen LogP contribution in [0.25, 0.3) is 0 Å². The van der Waals surface area contributed by atoms with Crippen molar-refractivity contribution < 1.29 is 19.1 Å². The number of urea groups is 2. The summed E-state index contributed by atoms with van der Waals surface area (Å²) in [6.45, 7) is 7.28. The molecular formula is C25H30N4O4. The molecule has 8 heteroatoms. The minimum atomic E-state index is -0.703. The summed E-state index contributed by atoms with van der Waals surface area (Å²) < 4.78 is 5.42. The number of nitrogens with one attached hydrogen (secondary N) is 3. The van der Waals surface area contributed by atoms with Crippen LogP contribution in [0, 0.1) is 0 Å². The summed E-state index contributed by atoms with van der Waals surface area (Å²) in [4.78, 5) is 39.3. The normalized spacial score (nSPS) is 15.9. The Hall–Kier alpha value is -3.81. The van der Waals surface area contributed by atoms with Crippen LogP contribution in [0.5, 0.6) is 0 Å². The number of rotatable bonds is 6. The number of allylic oxidation sites excluding steroid dienone is 1. The topological polar surface area (TPSA) is 99.8 Å². The van der Waals surface area contributed by atoms with E-state index in [2.05, 4.69) is 16.0 Å². The number of carbonyl (C=O) groups excluding carboxylic acids is 3. The lowest BCUT2D eigenvalue weighted by Gasteiger charge is -2.33. The minimum absolute atomic E-state index is 0.302. The van der Waals surface area contributed by atoms with Gasteiger partial charge in [0, 0.05) is 24.1 Å². The molecule has 0 aromatic heterocycles. The Bertz CT molecular complexity index is 1090. The lowest BCUT2D eigenvalue weighted by molar-refractivity contribution is -0.143.